The van der Waals surface area contributed by atoms with Gasteiger partial charge < -0.3 is 5.32 Å². The molecule has 1 aromatic carbocycles. The Morgan fingerprint density at radius 1 is 1.11 bits per heavy atom. The highest BCUT2D eigenvalue weighted by Crippen LogP contribution is 2.38. The number of amides is 1. The molecule has 3 aromatic rings. The van der Waals surface area contributed by atoms with Crippen LogP contribution in [0.2, 0.25) is 0 Å². The lowest BCUT2D eigenvalue weighted by Crippen LogP contribution is -2.38. The van der Waals surface area contributed by atoms with Crippen molar-refractivity contribution in [2.24, 2.45) is 0 Å². The molecule has 0 spiro atoms. The van der Waals surface area contributed by atoms with Gasteiger partial charge in [0.2, 0.25) is 5.91 Å². The smallest absolute Gasteiger partial charge is 0.274 e. The molecule has 0 fully saturated rings. The molecule has 1 amide bonds. The van der Waals surface area contributed by atoms with Crippen LogP contribution in [-0.2, 0) is 14.8 Å². The number of fused-ring (bicyclic) bond motifs is 1. The zero-order valence-electron chi connectivity index (χ0n) is 14.5. The number of nitrogens with zero attached hydrogens (tertiary/aromatic N) is 2. The highest BCUT2D eigenvalue weighted by atomic mass is 32.2. The van der Waals surface area contributed by atoms with Gasteiger partial charge in [0.1, 0.15) is 4.21 Å². The van der Waals surface area contributed by atoms with Crippen molar-refractivity contribution in [3.8, 4) is 10.6 Å². The van der Waals surface area contributed by atoms with Crippen molar-refractivity contribution < 1.29 is 13.2 Å². The molecule has 1 N–H and O–H groups in total. The van der Waals surface area contributed by atoms with E-state index in [1.807, 2.05) is 18.2 Å². The summed E-state index contributed by atoms with van der Waals surface area (Å²) in [5, 5.41) is 2.79. The van der Waals surface area contributed by atoms with E-state index in [1.54, 1.807) is 49.5 Å². The second-order valence-corrected chi connectivity index (χ2v) is 9.38. The second kappa shape index (κ2) is 6.79. The molecule has 6 nitrogen and oxygen atoms in total. The molecule has 0 radical (unpaired) electrons. The van der Waals surface area contributed by atoms with Gasteiger partial charge in [-0.05, 0) is 43.3 Å². The number of carbonyl (C=O) groups is 1. The molecule has 8 heteroatoms. The zero-order chi connectivity index (χ0) is 19.0. The van der Waals surface area contributed by atoms with Crippen LogP contribution in [0, 0.1) is 0 Å². The third-order valence-electron chi connectivity index (χ3n) is 4.31. The minimum atomic E-state index is -3.83. The summed E-state index contributed by atoms with van der Waals surface area (Å²) in [4.78, 5) is 17.2. The van der Waals surface area contributed by atoms with Crippen molar-refractivity contribution in [1.29, 1.82) is 0 Å². The second-order valence-electron chi connectivity index (χ2n) is 6.25. The zero-order valence-corrected chi connectivity index (χ0v) is 16.1. The quantitative estimate of drug-likeness (QED) is 0.728. The summed E-state index contributed by atoms with van der Waals surface area (Å²) in [7, 11) is -3.83. The Labute approximate surface area is 161 Å². The molecule has 0 saturated heterocycles. The predicted molar refractivity (Wildman–Crippen MR) is 106 cm³/mol. The molecule has 1 aliphatic rings. The summed E-state index contributed by atoms with van der Waals surface area (Å²) in [5.74, 6) is -0.201. The molecule has 0 aliphatic carbocycles. The summed E-state index contributed by atoms with van der Waals surface area (Å²) in [6, 6.07) is 15.3. The Balaban J connectivity index is 1.80. The van der Waals surface area contributed by atoms with Crippen LogP contribution in [-0.4, -0.2) is 25.4 Å². The molecule has 1 atom stereocenters. The molecule has 27 heavy (non-hydrogen) atoms. The van der Waals surface area contributed by atoms with Gasteiger partial charge in [-0.3, -0.25) is 14.1 Å². The lowest BCUT2D eigenvalue weighted by molar-refractivity contribution is -0.116. The van der Waals surface area contributed by atoms with E-state index in [0.29, 0.717) is 11.4 Å². The molecule has 138 valence electrons. The Morgan fingerprint density at radius 3 is 2.67 bits per heavy atom. The largest absolute Gasteiger partial charge is 0.324 e. The molecule has 1 aliphatic heterocycles. The van der Waals surface area contributed by atoms with Crippen LogP contribution in [0.3, 0.4) is 0 Å². The van der Waals surface area contributed by atoms with Gasteiger partial charge in [-0.1, -0.05) is 18.2 Å². The van der Waals surface area contributed by atoms with Gasteiger partial charge in [-0.2, -0.15) is 0 Å². The summed E-state index contributed by atoms with van der Waals surface area (Å²) in [5.41, 5.74) is 1.70. The number of sulfonamides is 1. The van der Waals surface area contributed by atoms with Crippen LogP contribution in [0.1, 0.15) is 13.3 Å². The Kier molecular flexibility index (Phi) is 4.45. The number of hydrogen-bond acceptors (Lipinski definition) is 5. The van der Waals surface area contributed by atoms with E-state index in [2.05, 4.69) is 10.3 Å². The predicted octanol–water partition coefficient (Wildman–Crippen LogP) is 3.74. The summed E-state index contributed by atoms with van der Waals surface area (Å²) < 4.78 is 28.4. The first-order valence-corrected chi connectivity index (χ1v) is 10.7. The van der Waals surface area contributed by atoms with Gasteiger partial charge in [-0.15, -0.1) is 11.3 Å². The Morgan fingerprint density at radius 2 is 1.89 bits per heavy atom. The van der Waals surface area contributed by atoms with E-state index in [4.69, 9.17) is 0 Å². The standard InChI is InChI=1S/C19H17N3O3S2/c1-13-12-18(23)21-14-6-2-3-8-16(14)22(13)27(24,25)19-10-9-17(26-19)15-7-4-5-11-20-15/h2-11,13H,12H2,1H3,(H,21,23). The van der Waals surface area contributed by atoms with Crippen LogP contribution in [0.15, 0.2) is 65.0 Å². The highest BCUT2D eigenvalue weighted by Gasteiger charge is 2.35. The molecule has 0 bridgehead atoms. The highest BCUT2D eigenvalue weighted by molar-refractivity contribution is 7.94. The fourth-order valence-corrected chi connectivity index (χ4v) is 6.18. The number of anilines is 2. The number of pyridine rings is 1. The average molecular weight is 399 g/mol. The number of benzene rings is 1. The van der Waals surface area contributed by atoms with Crippen molar-refractivity contribution in [1.82, 2.24) is 4.98 Å². The van der Waals surface area contributed by atoms with Crippen LogP contribution in [0.5, 0.6) is 0 Å². The number of para-hydroxylation sites is 2. The lowest BCUT2D eigenvalue weighted by Gasteiger charge is -2.28. The normalized spacial score (nSPS) is 17.1. The van der Waals surface area contributed by atoms with Crippen LogP contribution >= 0.6 is 11.3 Å². The summed E-state index contributed by atoms with van der Waals surface area (Å²) in [6.07, 6.45) is 1.76. The maximum absolute atomic E-state index is 13.4. The first kappa shape index (κ1) is 17.7. The van der Waals surface area contributed by atoms with Crippen LogP contribution < -0.4 is 9.62 Å². The fourth-order valence-electron chi connectivity index (χ4n) is 3.13. The molecule has 3 heterocycles. The number of nitrogens with one attached hydrogen (secondary N) is 1. The van der Waals surface area contributed by atoms with Crippen LogP contribution in [0.25, 0.3) is 10.6 Å². The fraction of sp³-hybridized carbons (Fsp3) is 0.158. The molecular formula is C19H17N3O3S2. The van der Waals surface area contributed by atoms with Gasteiger partial charge in [0, 0.05) is 12.6 Å². The molecule has 4 rings (SSSR count). The SMILES string of the molecule is CC1CC(=O)Nc2ccccc2N1S(=O)(=O)c1ccc(-c2ccccn2)s1. The van der Waals surface area contributed by atoms with Gasteiger partial charge >= 0.3 is 0 Å². The van der Waals surface area contributed by atoms with Crippen molar-refractivity contribution in [2.75, 3.05) is 9.62 Å². The van der Waals surface area contributed by atoms with E-state index in [-0.39, 0.29) is 16.5 Å². The molecule has 0 saturated carbocycles. The summed E-state index contributed by atoms with van der Waals surface area (Å²) >= 11 is 1.17. The lowest BCUT2D eigenvalue weighted by atomic mass is 10.2. The Hall–Kier alpha value is -2.71. The third-order valence-corrected chi connectivity index (χ3v) is 7.81. The number of carbonyl (C=O) groups excluding carboxylic acids is 1. The van der Waals surface area contributed by atoms with Gasteiger partial charge in [-0.25, -0.2) is 8.42 Å². The Bertz CT molecular complexity index is 1090. The van der Waals surface area contributed by atoms with Crippen molar-refractivity contribution in [3.63, 3.8) is 0 Å². The molecule has 1 unspecified atom stereocenters. The van der Waals surface area contributed by atoms with Crippen molar-refractivity contribution in [2.45, 2.75) is 23.6 Å². The van der Waals surface area contributed by atoms with Crippen molar-refractivity contribution >= 4 is 38.6 Å². The van der Waals surface area contributed by atoms with Gasteiger partial charge in [0.25, 0.3) is 10.0 Å². The molecular weight excluding hydrogens is 382 g/mol. The topological polar surface area (TPSA) is 79.4 Å². The maximum atomic E-state index is 13.4. The molecule has 2 aromatic heterocycles. The minimum Gasteiger partial charge on any atom is -0.324 e. The summed E-state index contributed by atoms with van der Waals surface area (Å²) in [6.45, 7) is 1.74. The number of rotatable bonds is 3. The van der Waals surface area contributed by atoms with Crippen molar-refractivity contribution in [3.05, 3.63) is 60.8 Å². The van der Waals surface area contributed by atoms with E-state index >= 15 is 0 Å². The average Bonchev–Trinajstić information content (AvgIpc) is 3.10. The van der Waals surface area contributed by atoms with E-state index in [9.17, 15) is 13.2 Å². The van der Waals surface area contributed by atoms with E-state index < -0.39 is 16.1 Å². The maximum Gasteiger partial charge on any atom is 0.274 e. The monoisotopic (exact) mass is 399 g/mol. The first-order valence-electron chi connectivity index (χ1n) is 8.41. The van der Waals surface area contributed by atoms with Gasteiger partial charge in [0.05, 0.1) is 28.0 Å². The number of thiophene rings is 1. The first-order chi connectivity index (χ1) is 13.0. The van der Waals surface area contributed by atoms with Crippen LogP contribution in [0.4, 0.5) is 11.4 Å². The number of hydrogen-bond donors (Lipinski definition) is 1. The third kappa shape index (κ3) is 3.22. The number of aromatic nitrogens is 1. The van der Waals surface area contributed by atoms with E-state index in [0.717, 1.165) is 10.6 Å². The minimum absolute atomic E-state index is 0.0897. The van der Waals surface area contributed by atoms with E-state index in [1.165, 1.54) is 15.6 Å². The van der Waals surface area contributed by atoms with Gasteiger partial charge in [0.15, 0.2) is 0 Å².